The average molecular weight is 589 g/mol. The van der Waals surface area contributed by atoms with E-state index in [2.05, 4.69) is 14.8 Å². The molecule has 0 aliphatic carbocycles. The molecule has 2 aromatic heterocycles. The largest absolute Gasteiger partial charge is 0.497 e. The molecule has 0 radical (unpaired) electrons. The van der Waals surface area contributed by atoms with Crippen LogP contribution in [0.1, 0.15) is 17.4 Å². The quantitative estimate of drug-likeness (QED) is 0.295. The molecule has 14 heteroatoms. The van der Waals surface area contributed by atoms with E-state index in [1.807, 2.05) is 0 Å². The van der Waals surface area contributed by atoms with Gasteiger partial charge in [0.1, 0.15) is 23.2 Å². The van der Waals surface area contributed by atoms with Gasteiger partial charge < -0.3 is 10.5 Å². The van der Waals surface area contributed by atoms with Crippen molar-refractivity contribution in [3.05, 3.63) is 86.9 Å². The Kier molecular flexibility index (Phi) is 6.98. The van der Waals surface area contributed by atoms with E-state index in [1.54, 1.807) is 31.3 Å². The Morgan fingerprint density at radius 2 is 1.82 bits per heavy atom. The summed E-state index contributed by atoms with van der Waals surface area (Å²) in [6.45, 7) is 0. The van der Waals surface area contributed by atoms with E-state index in [0.717, 1.165) is 24.5 Å². The molecule has 3 aromatic carbocycles. The predicted molar refractivity (Wildman–Crippen MR) is 149 cm³/mol. The third-order valence-electron chi connectivity index (χ3n) is 6.25. The number of nitrogens with two attached hydrogens (primary N) is 1. The van der Waals surface area contributed by atoms with Gasteiger partial charge in [0.15, 0.2) is 5.82 Å². The van der Waals surface area contributed by atoms with Gasteiger partial charge in [0.05, 0.1) is 51.9 Å². The van der Waals surface area contributed by atoms with Crippen molar-refractivity contribution in [3.63, 3.8) is 0 Å². The number of ether oxygens (including phenoxy) is 1. The summed E-state index contributed by atoms with van der Waals surface area (Å²) in [6, 6.07) is 9.86. The lowest BCUT2D eigenvalue weighted by molar-refractivity contribution is 0.415. The van der Waals surface area contributed by atoms with E-state index >= 15 is 0 Å². The van der Waals surface area contributed by atoms with Crippen LogP contribution >= 0.6 is 11.6 Å². The molecule has 0 saturated heterocycles. The first kappa shape index (κ1) is 27.5. The van der Waals surface area contributed by atoms with Crippen LogP contribution in [0.25, 0.3) is 27.5 Å². The predicted octanol–water partition coefficient (Wildman–Crippen LogP) is 3.83. The minimum Gasteiger partial charge on any atom is -0.497 e. The van der Waals surface area contributed by atoms with Crippen LogP contribution in [0.15, 0.2) is 53.3 Å². The van der Waals surface area contributed by atoms with Crippen molar-refractivity contribution >= 4 is 49.2 Å². The third kappa shape index (κ3) is 5.10. The van der Waals surface area contributed by atoms with Crippen molar-refractivity contribution in [1.29, 1.82) is 0 Å². The fourth-order valence-electron chi connectivity index (χ4n) is 4.65. The number of rotatable bonds is 7. The molecule has 0 aliphatic heterocycles. The van der Waals surface area contributed by atoms with Crippen molar-refractivity contribution in [2.24, 2.45) is 12.8 Å². The smallest absolute Gasteiger partial charge is 0.266 e. The molecule has 5 rings (SSSR count). The molecule has 1 atom stereocenters. The molecule has 0 saturated carbocycles. The van der Waals surface area contributed by atoms with Gasteiger partial charge in [0.2, 0.25) is 10.0 Å². The van der Waals surface area contributed by atoms with Crippen molar-refractivity contribution in [2.45, 2.75) is 12.5 Å². The molecule has 3 N–H and O–H groups in total. The van der Waals surface area contributed by atoms with Crippen molar-refractivity contribution in [2.75, 3.05) is 18.1 Å². The van der Waals surface area contributed by atoms with Gasteiger partial charge in [-0.1, -0.05) is 11.6 Å². The highest BCUT2D eigenvalue weighted by atomic mass is 35.5. The summed E-state index contributed by atoms with van der Waals surface area (Å²) >= 11 is 6.47. The number of fused-ring (bicyclic) bond motifs is 2. The molecule has 0 fully saturated rings. The van der Waals surface area contributed by atoms with Crippen LogP contribution in [-0.2, 0) is 23.5 Å². The maximum Gasteiger partial charge on any atom is 0.266 e. The number of methoxy groups -OCH3 is 1. The Labute approximate surface area is 232 Å². The van der Waals surface area contributed by atoms with E-state index in [1.165, 1.54) is 22.4 Å². The number of hydrogen-bond donors (Lipinski definition) is 2. The van der Waals surface area contributed by atoms with Crippen molar-refractivity contribution < 1.29 is 21.9 Å². The molecule has 1 unspecified atom stereocenters. The number of aromatic nitrogens is 4. The van der Waals surface area contributed by atoms with E-state index in [4.69, 9.17) is 22.1 Å². The van der Waals surface area contributed by atoms with Gasteiger partial charge in [-0.2, -0.15) is 5.10 Å². The van der Waals surface area contributed by atoms with Crippen LogP contribution in [0.3, 0.4) is 0 Å². The van der Waals surface area contributed by atoms with Crippen LogP contribution < -0.4 is 20.8 Å². The molecule has 2 heterocycles. The van der Waals surface area contributed by atoms with Gasteiger partial charge in [-0.3, -0.25) is 18.8 Å². The minimum absolute atomic E-state index is 0.0283. The van der Waals surface area contributed by atoms with Crippen molar-refractivity contribution in [3.8, 4) is 11.4 Å². The molecular weight excluding hydrogens is 566 g/mol. The number of benzene rings is 3. The highest BCUT2D eigenvalue weighted by Crippen LogP contribution is 2.35. The zero-order valence-corrected chi connectivity index (χ0v) is 23.0. The van der Waals surface area contributed by atoms with Gasteiger partial charge in [-0.25, -0.2) is 22.2 Å². The monoisotopic (exact) mass is 588 g/mol. The average Bonchev–Trinajstić information content (AvgIpc) is 3.18. The first-order valence-electron chi connectivity index (χ1n) is 11.8. The van der Waals surface area contributed by atoms with E-state index in [0.29, 0.717) is 16.8 Å². The molecular formula is C26H23ClF2N6O4S. The lowest BCUT2D eigenvalue weighted by atomic mass is 10.0. The number of aryl methyl sites for hydroxylation is 1. The normalized spacial score (nSPS) is 12.7. The Morgan fingerprint density at radius 1 is 1.12 bits per heavy atom. The number of hydrogen-bond acceptors (Lipinski definition) is 7. The summed E-state index contributed by atoms with van der Waals surface area (Å²) in [6.07, 6.45) is 0.920. The lowest BCUT2D eigenvalue weighted by Crippen LogP contribution is -2.30. The molecule has 0 bridgehead atoms. The van der Waals surface area contributed by atoms with E-state index < -0.39 is 33.3 Å². The van der Waals surface area contributed by atoms with E-state index in [9.17, 15) is 22.0 Å². The SMILES string of the molecule is COc1ccc2c(=O)n(-c3ccc(Cl)c4c(NS(C)(=O)=O)nn(C)c34)c(C(N)Cc3cc(F)cc(F)c3)nc2c1. The first-order chi connectivity index (χ1) is 18.9. The summed E-state index contributed by atoms with van der Waals surface area (Å²) in [5, 5.41) is 4.95. The second-order valence-corrected chi connectivity index (χ2v) is 11.4. The maximum atomic E-state index is 14.0. The Morgan fingerprint density at radius 3 is 2.48 bits per heavy atom. The molecule has 10 nitrogen and oxygen atoms in total. The van der Waals surface area contributed by atoms with Crippen LogP contribution in [0.4, 0.5) is 14.6 Å². The molecule has 5 aromatic rings. The summed E-state index contributed by atoms with van der Waals surface area (Å²) in [5.74, 6) is -1.02. The number of anilines is 1. The summed E-state index contributed by atoms with van der Waals surface area (Å²) < 4.78 is 62.1. The Balaban J connectivity index is 1.81. The molecule has 208 valence electrons. The summed E-state index contributed by atoms with van der Waals surface area (Å²) in [7, 11) is -0.676. The van der Waals surface area contributed by atoms with Gasteiger partial charge in [-0.05, 0) is 48.4 Å². The number of halogens is 3. The Hall–Kier alpha value is -4.07. The topological polar surface area (TPSA) is 134 Å². The molecule has 0 spiro atoms. The van der Waals surface area contributed by atoms with Crippen LogP contribution in [0, 0.1) is 11.6 Å². The van der Waals surface area contributed by atoms with E-state index in [-0.39, 0.29) is 45.1 Å². The summed E-state index contributed by atoms with van der Waals surface area (Å²) in [4.78, 5) is 18.7. The number of sulfonamides is 1. The summed E-state index contributed by atoms with van der Waals surface area (Å²) in [5.41, 5.74) is 7.21. The lowest BCUT2D eigenvalue weighted by Gasteiger charge is -2.20. The fourth-order valence-corrected chi connectivity index (χ4v) is 5.39. The zero-order valence-electron chi connectivity index (χ0n) is 21.4. The van der Waals surface area contributed by atoms with Crippen LogP contribution in [0.5, 0.6) is 5.75 Å². The third-order valence-corrected chi connectivity index (χ3v) is 7.13. The van der Waals surface area contributed by atoms with Crippen LogP contribution in [0.2, 0.25) is 5.02 Å². The second-order valence-electron chi connectivity index (χ2n) is 9.22. The zero-order chi connectivity index (χ0) is 28.9. The van der Waals surface area contributed by atoms with Gasteiger partial charge in [0.25, 0.3) is 5.56 Å². The second kappa shape index (κ2) is 10.2. The minimum atomic E-state index is -3.71. The fraction of sp³-hybridized carbons (Fsp3) is 0.192. The van der Waals surface area contributed by atoms with Crippen molar-refractivity contribution in [1.82, 2.24) is 19.3 Å². The van der Waals surface area contributed by atoms with Gasteiger partial charge in [-0.15, -0.1) is 0 Å². The molecule has 0 amide bonds. The highest BCUT2D eigenvalue weighted by molar-refractivity contribution is 7.92. The van der Waals surface area contributed by atoms with Crippen LogP contribution in [-0.4, -0.2) is 41.1 Å². The molecule has 0 aliphatic rings. The Bertz CT molecular complexity index is 1960. The number of nitrogens with zero attached hydrogens (tertiary/aromatic N) is 4. The highest BCUT2D eigenvalue weighted by Gasteiger charge is 2.25. The first-order valence-corrected chi connectivity index (χ1v) is 14.1. The van der Waals surface area contributed by atoms with Gasteiger partial charge >= 0.3 is 0 Å². The van der Waals surface area contributed by atoms with Gasteiger partial charge in [0, 0.05) is 19.2 Å². The standard InChI is InChI=1S/C26H23ClF2N6O4S/c1-34-23-21(7-6-18(27)22(23)24(32-34)33-40(3,37)38)35-25(19(30)10-13-8-14(28)11-15(29)9-13)31-20-12-16(39-2)4-5-17(20)26(35)36/h4-9,11-12,19H,10,30H2,1-3H3,(H,32,33). The molecule has 40 heavy (non-hydrogen) atoms. The number of nitrogens with one attached hydrogen (secondary N) is 1. The maximum absolute atomic E-state index is 14.0.